The first kappa shape index (κ1) is 19.4. The van der Waals surface area contributed by atoms with Gasteiger partial charge in [0.2, 0.25) is 0 Å². The Balaban J connectivity index is 1.44. The quantitative estimate of drug-likeness (QED) is 0.846. The van der Waals surface area contributed by atoms with E-state index < -0.39 is 0 Å². The lowest BCUT2D eigenvalue weighted by Crippen LogP contribution is -2.43. The van der Waals surface area contributed by atoms with Gasteiger partial charge in [0.25, 0.3) is 11.5 Å². The fourth-order valence-corrected chi connectivity index (χ4v) is 5.31. The number of carbonyl (C=O) groups excluding carboxylic acids is 1. The summed E-state index contributed by atoms with van der Waals surface area (Å²) in [4.78, 5) is 42.5. The minimum absolute atomic E-state index is 0.0307. The van der Waals surface area contributed by atoms with E-state index in [0.29, 0.717) is 24.1 Å². The van der Waals surface area contributed by atoms with Gasteiger partial charge < -0.3 is 9.88 Å². The number of hydrogen-bond acceptors (Lipinski definition) is 5. The second-order valence-electron chi connectivity index (χ2n) is 8.76. The number of H-pyrrole nitrogens is 1. The number of pyridine rings is 1. The maximum Gasteiger partial charge on any atom is 0.273 e. The van der Waals surface area contributed by atoms with Crippen molar-refractivity contribution in [3.8, 4) is 0 Å². The van der Waals surface area contributed by atoms with Gasteiger partial charge in [0.15, 0.2) is 0 Å². The van der Waals surface area contributed by atoms with Gasteiger partial charge in [-0.3, -0.25) is 19.5 Å². The molecule has 2 aliphatic heterocycles. The molecule has 7 heteroatoms. The first-order valence-electron chi connectivity index (χ1n) is 11.3. The summed E-state index contributed by atoms with van der Waals surface area (Å²) in [5, 5.41) is 0. The van der Waals surface area contributed by atoms with Crippen LogP contribution in [0.2, 0.25) is 0 Å². The average molecular weight is 408 g/mol. The van der Waals surface area contributed by atoms with Crippen LogP contribution in [-0.4, -0.2) is 49.8 Å². The Morgan fingerprint density at radius 3 is 2.70 bits per heavy atom. The van der Waals surface area contributed by atoms with E-state index in [4.69, 9.17) is 4.98 Å². The van der Waals surface area contributed by atoms with E-state index in [1.807, 2.05) is 17.0 Å². The highest BCUT2D eigenvalue weighted by Gasteiger charge is 2.33. The van der Waals surface area contributed by atoms with Crippen molar-refractivity contribution in [2.24, 2.45) is 0 Å². The molecule has 1 amide bonds. The fraction of sp³-hybridized carbons (Fsp3) is 0.565. The number of amides is 1. The average Bonchev–Trinajstić information content (AvgIpc) is 3.34. The number of piperidine rings is 1. The number of rotatable bonds is 3. The van der Waals surface area contributed by atoms with E-state index in [-0.39, 0.29) is 17.5 Å². The van der Waals surface area contributed by atoms with Crippen LogP contribution in [0.3, 0.4) is 0 Å². The normalized spacial score (nSPS) is 22.8. The van der Waals surface area contributed by atoms with Gasteiger partial charge in [-0.1, -0.05) is 18.9 Å². The van der Waals surface area contributed by atoms with Crippen molar-refractivity contribution in [3.63, 3.8) is 0 Å². The third-order valence-electron chi connectivity index (χ3n) is 6.93. The molecule has 1 saturated heterocycles. The van der Waals surface area contributed by atoms with E-state index >= 15 is 0 Å². The number of nitrogens with zero attached hydrogens (tertiary/aromatic N) is 4. The number of carbonyl (C=O) groups is 1. The standard InChI is InChI=1S/C23H29N5O2/c29-22-17-11-14-27(16-7-1-2-8-16)15-19(17)25-21(26-22)20-10-4-6-13-28(20)23(30)18-9-3-5-12-24-18/h3,5,9,12,16,20H,1-2,4,6-8,10-11,13-15H2,(H,25,26,29)/t20-/m1/s1. The highest BCUT2D eigenvalue weighted by atomic mass is 16.2. The molecule has 1 atom stereocenters. The van der Waals surface area contributed by atoms with Crippen LogP contribution in [0.25, 0.3) is 0 Å². The molecule has 0 aromatic carbocycles. The lowest BCUT2D eigenvalue weighted by Gasteiger charge is -2.36. The number of aromatic nitrogens is 3. The molecule has 0 bridgehead atoms. The van der Waals surface area contributed by atoms with E-state index in [1.165, 1.54) is 25.7 Å². The fourth-order valence-electron chi connectivity index (χ4n) is 5.31. The van der Waals surface area contributed by atoms with Crippen LogP contribution in [0.1, 0.15) is 78.6 Å². The summed E-state index contributed by atoms with van der Waals surface area (Å²) >= 11 is 0. The van der Waals surface area contributed by atoms with Gasteiger partial charge in [-0.2, -0.15) is 0 Å². The molecule has 2 fully saturated rings. The van der Waals surface area contributed by atoms with Crippen LogP contribution >= 0.6 is 0 Å². The van der Waals surface area contributed by atoms with Crippen molar-refractivity contribution < 1.29 is 4.79 Å². The number of aromatic amines is 1. The smallest absolute Gasteiger partial charge is 0.273 e. The van der Waals surface area contributed by atoms with E-state index in [1.54, 1.807) is 12.3 Å². The first-order chi connectivity index (χ1) is 14.7. The first-order valence-corrected chi connectivity index (χ1v) is 11.3. The molecule has 3 aliphatic rings. The van der Waals surface area contributed by atoms with Gasteiger partial charge in [-0.25, -0.2) is 4.98 Å². The molecule has 0 unspecified atom stereocenters. The number of hydrogen-bond donors (Lipinski definition) is 1. The molecule has 30 heavy (non-hydrogen) atoms. The summed E-state index contributed by atoms with van der Waals surface area (Å²) in [6.07, 6.45) is 10.3. The predicted molar refractivity (Wildman–Crippen MR) is 113 cm³/mol. The van der Waals surface area contributed by atoms with Crippen LogP contribution < -0.4 is 5.56 Å². The van der Waals surface area contributed by atoms with Crippen LogP contribution in [0.5, 0.6) is 0 Å². The van der Waals surface area contributed by atoms with Crippen LogP contribution in [0, 0.1) is 0 Å². The van der Waals surface area contributed by atoms with E-state index in [0.717, 1.165) is 50.0 Å². The Bertz CT molecular complexity index is 967. The molecule has 4 heterocycles. The maximum atomic E-state index is 13.1. The SMILES string of the molecule is O=C(c1ccccn1)N1CCCC[C@@H]1c1nc2c(c(=O)[nH]1)CCN(C1CCCC1)C2. The number of likely N-dealkylation sites (tertiary alicyclic amines) is 1. The molecule has 2 aromatic heterocycles. The van der Waals surface area contributed by atoms with Crippen LogP contribution in [0.4, 0.5) is 0 Å². The van der Waals surface area contributed by atoms with Crippen molar-refractivity contribution in [1.29, 1.82) is 0 Å². The molecule has 1 aliphatic carbocycles. The van der Waals surface area contributed by atoms with Crippen molar-refractivity contribution >= 4 is 5.91 Å². The number of nitrogens with one attached hydrogen (secondary N) is 1. The third-order valence-corrected chi connectivity index (χ3v) is 6.93. The topological polar surface area (TPSA) is 82.2 Å². The molecule has 158 valence electrons. The van der Waals surface area contributed by atoms with Crippen LogP contribution in [0.15, 0.2) is 29.2 Å². The molecule has 1 N–H and O–H groups in total. The molecule has 7 nitrogen and oxygen atoms in total. The van der Waals surface area contributed by atoms with Gasteiger partial charge in [0.05, 0.1) is 11.7 Å². The van der Waals surface area contributed by atoms with Crippen LogP contribution in [-0.2, 0) is 13.0 Å². The highest BCUT2D eigenvalue weighted by molar-refractivity contribution is 5.92. The summed E-state index contributed by atoms with van der Waals surface area (Å²) in [5.74, 6) is 0.546. The van der Waals surface area contributed by atoms with Gasteiger partial charge in [-0.05, 0) is 50.7 Å². The molecule has 0 radical (unpaired) electrons. The molecule has 5 rings (SSSR count). The Labute approximate surface area is 176 Å². The van der Waals surface area contributed by atoms with Crippen molar-refractivity contribution in [2.75, 3.05) is 13.1 Å². The molecule has 0 spiro atoms. The van der Waals surface area contributed by atoms with Gasteiger partial charge in [0, 0.05) is 37.4 Å². The van der Waals surface area contributed by atoms with Crippen molar-refractivity contribution in [3.05, 3.63) is 57.5 Å². The summed E-state index contributed by atoms with van der Waals surface area (Å²) in [6, 6.07) is 5.81. The Morgan fingerprint density at radius 1 is 1.07 bits per heavy atom. The van der Waals surface area contributed by atoms with E-state index in [9.17, 15) is 9.59 Å². The molecule has 1 saturated carbocycles. The summed E-state index contributed by atoms with van der Waals surface area (Å²) in [6.45, 7) is 2.35. The minimum Gasteiger partial charge on any atom is -0.327 e. The lowest BCUT2D eigenvalue weighted by molar-refractivity contribution is 0.0592. The minimum atomic E-state index is -0.201. The van der Waals surface area contributed by atoms with Gasteiger partial charge in [0.1, 0.15) is 11.5 Å². The summed E-state index contributed by atoms with van der Waals surface area (Å²) < 4.78 is 0. The third kappa shape index (κ3) is 3.67. The molecular weight excluding hydrogens is 378 g/mol. The summed E-state index contributed by atoms with van der Waals surface area (Å²) in [5.41, 5.74) is 2.14. The van der Waals surface area contributed by atoms with Gasteiger partial charge in [-0.15, -0.1) is 0 Å². The Kier molecular flexibility index (Phi) is 5.37. The highest BCUT2D eigenvalue weighted by Crippen LogP contribution is 2.31. The zero-order valence-electron chi connectivity index (χ0n) is 17.3. The molecular formula is C23H29N5O2. The van der Waals surface area contributed by atoms with Gasteiger partial charge >= 0.3 is 0 Å². The molecule has 2 aromatic rings. The monoisotopic (exact) mass is 407 g/mol. The summed E-state index contributed by atoms with van der Waals surface area (Å²) in [7, 11) is 0. The lowest BCUT2D eigenvalue weighted by atomic mass is 9.99. The second-order valence-corrected chi connectivity index (χ2v) is 8.76. The largest absolute Gasteiger partial charge is 0.327 e. The maximum absolute atomic E-state index is 13.1. The Morgan fingerprint density at radius 2 is 1.90 bits per heavy atom. The Hall–Kier alpha value is -2.54. The second kappa shape index (κ2) is 8.30. The van der Waals surface area contributed by atoms with Crippen molar-refractivity contribution in [1.82, 2.24) is 24.8 Å². The van der Waals surface area contributed by atoms with E-state index in [2.05, 4.69) is 14.9 Å². The zero-order chi connectivity index (χ0) is 20.5. The zero-order valence-corrected chi connectivity index (χ0v) is 17.3. The number of fused-ring (bicyclic) bond motifs is 1. The van der Waals surface area contributed by atoms with Crippen molar-refractivity contribution in [2.45, 2.75) is 70.0 Å². The predicted octanol–water partition coefficient (Wildman–Crippen LogP) is 2.83.